The van der Waals surface area contributed by atoms with Gasteiger partial charge in [0.05, 0.1) is 22.6 Å². The molecule has 42 heavy (non-hydrogen) atoms. The Balaban J connectivity index is 1.25. The average molecular weight is 562 g/mol. The third-order valence-corrected chi connectivity index (χ3v) is 7.79. The van der Waals surface area contributed by atoms with Gasteiger partial charge in [-0.15, -0.1) is 0 Å². The summed E-state index contributed by atoms with van der Waals surface area (Å²) in [4.78, 5) is 26.4. The molecule has 5 aromatic heterocycles. The molecular weight excluding hydrogens is 529 g/mol. The molecule has 10 heteroatoms. The van der Waals surface area contributed by atoms with E-state index < -0.39 is 0 Å². The zero-order valence-corrected chi connectivity index (χ0v) is 23.7. The third-order valence-electron chi connectivity index (χ3n) is 7.79. The molecule has 9 nitrogen and oxygen atoms in total. The van der Waals surface area contributed by atoms with Crippen LogP contribution in [0.5, 0.6) is 0 Å². The van der Waals surface area contributed by atoms with Crippen molar-refractivity contribution >= 4 is 22.1 Å². The molecule has 212 valence electrons. The van der Waals surface area contributed by atoms with Crippen LogP contribution in [-0.4, -0.2) is 72.1 Å². The third kappa shape index (κ3) is 5.26. The van der Waals surface area contributed by atoms with Crippen molar-refractivity contribution in [1.82, 2.24) is 44.9 Å². The Morgan fingerprint density at radius 2 is 1.67 bits per heavy atom. The number of halogens is 1. The summed E-state index contributed by atoms with van der Waals surface area (Å²) in [5.74, 6) is 0.326. The van der Waals surface area contributed by atoms with Gasteiger partial charge in [-0.3, -0.25) is 20.0 Å². The lowest BCUT2D eigenvalue weighted by Crippen LogP contribution is -2.29. The predicted molar refractivity (Wildman–Crippen MR) is 162 cm³/mol. The number of fused-ring (bicyclic) bond motifs is 2. The maximum atomic E-state index is 14.6. The number of aromatic nitrogens is 7. The molecule has 6 aromatic rings. The molecule has 2 N–H and O–H groups in total. The van der Waals surface area contributed by atoms with E-state index in [0.29, 0.717) is 23.5 Å². The minimum atomic E-state index is -0.287. The molecule has 1 fully saturated rings. The van der Waals surface area contributed by atoms with Crippen LogP contribution in [0.3, 0.4) is 0 Å². The van der Waals surface area contributed by atoms with E-state index >= 15 is 0 Å². The van der Waals surface area contributed by atoms with Gasteiger partial charge in [0, 0.05) is 54.6 Å². The number of piperidine rings is 1. The molecule has 1 aliphatic rings. The molecule has 0 saturated carbocycles. The minimum absolute atomic E-state index is 0.287. The number of aromatic amines is 2. The van der Waals surface area contributed by atoms with Crippen LogP contribution in [0.2, 0.25) is 0 Å². The highest BCUT2D eigenvalue weighted by Crippen LogP contribution is 2.33. The number of imidazole rings is 1. The number of nitrogens with zero attached hydrogens (tertiary/aromatic N) is 7. The molecular formula is C32H32FN9. The Morgan fingerprint density at radius 3 is 2.52 bits per heavy atom. The summed E-state index contributed by atoms with van der Waals surface area (Å²) in [7, 11) is 3.93. The number of likely N-dealkylation sites (tertiary alicyclic amines) is 1. The maximum absolute atomic E-state index is 14.6. The van der Waals surface area contributed by atoms with Gasteiger partial charge in [0.2, 0.25) is 0 Å². The van der Waals surface area contributed by atoms with Crippen molar-refractivity contribution < 1.29 is 4.39 Å². The summed E-state index contributed by atoms with van der Waals surface area (Å²) in [6.45, 7) is 3.82. The van der Waals surface area contributed by atoms with Crippen molar-refractivity contribution in [2.24, 2.45) is 0 Å². The van der Waals surface area contributed by atoms with Crippen molar-refractivity contribution in [3.05, 3.63) is 78.3 Å². The second-order valence-corrected chi connectivity index (χ2v) is 11.4. The molecule has 0 amide bonds. The van der Waals surface area contributed by atoms with Gasteiger partial charge in [-0.1, -0.05) is 6.42 Å². The standard InChI is InChI=1S/C32H32FN9/c1-41(2)18-20-8-22(11-25(33)10-20)27-16-35-17-28-29(27)38-32(37-28)30-26-12-24(15-36-31(26)40-39-30)23-9-21(13-34-14-23)19-42-6-4-3-5-7-42/h8-17H,3-7,18-19H2,1-2H3,(H,37,38)(H,36,39,40). The summed E-state index contributed by atoms with van der Waals surface area (Å²) in [5, 5.41) is 8.41. The number of H-pyrrole nitrogens is 2. The Labute approximate surface area is 242 Å². The molecule has 0 atom stereocenters. The van der Waals surface area contributed by atoms with Gasteiger partial charge >= 0.3 is 0 Å². The lowest BCUT2D eigenvalue weighted by Gasteiger charge is -2.26. The first-order valence-electron chi connectivity index (χ1n) is 14.3. The molecule has 0 aliphatic carbocycles. The van der Waals surface area contributed by atoms with Crippen molar-refractivity contribution in [2.75, 3.05) is 27.2 Å². The number of pyridine rings is 3. The summed E-state index contributed by atoms with van der Waals surface area (Å²) < 4.78 is 14.6. The zero-order chi connectivity index (χ0) is 28.6. The predicted octanol–water partition coefficient (Wildman–Crippen LogP) is 5.81. The van der Waals surface area contributed by atoms with E-state index in [-0.39, 0.29) is 5.82 Å². The summed E-state index contributed by atoms with van der Waals surface area (Å²) in [6, 6.07) is 9.36. The second kappa shape index (κ2) is 11.0. The fraction of sp³-hybridized carbons (Fsp3) is 0.281. The van der Waals surface area contributed by atoms with Crippen LogP contribution >= 0.6 is 0 Å². The highest BCUT2D eigenvalue weighted by Gasteiger charge is 2.18. The van der Waals surface area contributed by atoms with E-state index in [9.17, 15) is 4.39 Å². The molecule has 1 aromatic carbocycles. The Hall–Kier alpha value is -4.54. The average Bonchev–Trinajstić information content (AvgIpc) is 3.61. The molecule has 6 heterocycles. The number of rotatable bonds is 7. The molecule has 7 rings (SSSR count). The van der Waals surface area contributed by atoms with Gasteiger partial charge < -0.3 is 9.88 Å². The van der Waals surface area contributed by atoms with Crippen molar-refractivity contribution in [3.8, 4) is 33.8 Å². The lowest BCUT2D eigenvalue weighted by molar-refractivity contribution is 0.220. The van der Waals surface area contributed by atoms with Gasteiger partial charge in [0.15, 0.2) is 11.5 Å². The van der Waals surface area contributed by atoms with Crippen LogP contribution in [0.15, 0.2) is 61.3 Å². The van der Waals surface area contributed by atoms with Gasteiger partial charge in [0.25, 0.3) is 0 Å². The van der Waals surface area contributed by atoms with Crippen LogP contribution in [0.25, 0.3) is 55.8 Å². The first kappa shape index (κ1) is 26.4. The molecule has 0 unspecified atom stereocenters. The Bertz CT molecular complexity index is 1880. The second-order valence-electron chi connectivity index (χ2n) is 11.4. The number of hydrogen-bond donors (Lipinski definition) is 2. The fourth-order valence-electron chi connectivity index (χ4n) is 5.87. The lowest BCUT2D eigenvalue weighted by atomic mass is 10.0. The monoisotopic (exact) mass is 561 g/mol. The van der Waals surface area contributed by atoms with Gasteiger partial charge in [-0.2, -0.15) is 5.10 Å². The zero-order valence-electron chi connectivity index (χ0n) is 23.7. The summed E-state index contributed by atoms with van der Waals surface area (Å²) in [5.41, 5.74) is 8.35. The van der Waals surface area contributed by atoms with E-state index in [2.05, 4.69) is 47.2 Å². The maximum Gasteiger partial charge on any atom is 0.181 e. The molecule has 0 bridgehead atoms. The molecule has 0 radical (unpaired) electrons. The number of hydrogen-bond acceptors (Lipinski definition) is 7. The topological polar surface area (TPSA) is 103 Å². The van der Waals surface area contributed by atoms with Crippen LogP contribution < -0.4 is 0 Å². The molecule has 0 spiro atoms. The van der Waals surface area contributed by atoms with Crippen LogP contribution in [0, 0.1) is 5.82 Å². The number of nitrogens with one attached hydrogen (secondary N) is 2. The summed E-state index contributed by atoms with van der Waals surface area (Å²) >= 11 is 0. The van der Waals surface area contributed by atoms with Gasteiger partial charge in [0.1, 0.15) is 11.5 Å². The van der Waals surface area contributed by atoms with E-state index in [4.69, 9.17) is 4.98 Å². The van der Waals surface area contributed by atoms with Crippen molar-refractivity contribution in [1.29, 1.82) is 0 Å². The normalized spacial score (nSPS) is 14.4. The van der Waals surface area contributed by atoms with Crippen LogP contribution in [0.4, 0.5) is 4.39 Å². The van der Waals surface area contributed by atoms with E-state index in [1.165, 1.54) is 30.9 Å². The fourth-order valence-corrected chi connectivity index (χ4v) is 5.87. The van der Waals surface area contributed by atoms with E-state index in [0.717, 1.165) is 64.0 Å². The van der Waals surface area contributed by atoms with Crippen molar-refractivity contribution in [2.45, 2.75) is 32.4 Å². The molecule has 1 saturated heterocycles. The van der Waals surface area contributed by atoms with Crippen LogP contribution in [-0.2, 0) is 13.1 Å². The largest absolute Gasteiger partial charge is 0.335 e. The van der Waals surface area contributed by atoms with Crippen LogP contribution in [0.1, 0.15) is 30.4 Å². The quantitative estimate of drug-likeness (QED) is 0.254. The highest BCUT2D eigenvalue weighted by atomic mass is 19.1. The SMILES string of the molecule is CN(C)Cc1cc(F)cc(-c2cncc3[nH]c(-c4[nH]nc5ncc(-c6cncc(CN7CCCCC7)c6)cc45)nc23)c1. The Morgan fingerprint density at radius 1 is 0.857 bits per heavy atom. The highest BCUT2D eigenvalue weighted by molar-refractivity contribution is 5.96. The number of benzene rings is 1. The van der Waals surface area contributed by atoms with Crippen molar-refractivity contribution in [3.63, 3.8) is 0 Å². The van der Waals surface area contributed by atoms with E-state index in [1.54, 1.807) is 18.5 Å². The smallest absolute Gasteiger partial charge is 0.181 e. The summed E-state index contributed by atoms with van der Waals surface area (Å²) in [6.07, 6.45) is 13.0. The first-order valence-corrected chi connectivity index (χ1v) is 14.3. The molecule has 1 aliphatic heterocycles. The first-order chi connectivity index (χ1) is 20.5. The van der Waals surface area contributed by atoms with Gasteiger partial charge in [-0.05, 0) is 87.0 Å². The van der Waals surface area contributed by atoms with Gasteiger partial charge in [-0.25, -0.2) is 14.4 Å². The Kier molecular flexibility index (Phi) is 6.93. The van der Waals surface area contributed by atoms with E-state index in [1.807, 2.05) is 43.7 Å². The minimum Gasteiger partial charge on any atom is -0.335 e.